The number of aryl methyl sites for hydroxylation is 1. The molecule has 7 aromatic carbocycles. The zero-order valence-corrected chi connectivity index (χ0v) is 42.3. The van der Waals surface area contributed by atoms with Crippen LogP contribution in [0.2, 0.25) is 0 Å². The summed E-state index contributed by atoms with van der Waals surface area (Å²) in [6.07, 6.45) is -0.758. The molecule has 0 saturated carbocycles. The highest BCUT2D eigenvalue weighted by atomic mass is 16.3. The van der Waals surface area contributed by atoms with E-state index in [0.717, 1.165) is 33.4 Å². The van der Waals surface area contributed by atoms with Crippen molar-refractivity contribution in [2.24, 2.45) is 0 Å². The molecule has 0 aliphatic heterocycles. The fraction of sp³-hybridized carbons (Fsp3) is 0.284. The van der Waals surface area contributed by atoms with Crippen molar-refractivity contribution in [2.75, 3.05) is 0 Å². The molecule has 0 atom stereocenters. The average molecular weight is 952 g/mol. The summed E-state index contributed by atoms with van der Waals surface area (Å²) in [5.41, 5.74) is 2.66. The van der Waals surface area contributed by atoms with Crippen molar-refractivity contribution in [3.63, 3.8) is 0 Å². The molecule has 9 rings (SSSR count). The van der Waals surface area contributed by atoms with Gasteiger partial charge in [0.1, 0.15) is 11.6 Å². The number of aromatic hydroxyl groups is 1. The van der Waals surface area contributed by atoms with Gasteiger partial charge in [-0.15, -0.1) is 0 Å². The van der Waals surface area contributed by atoms with E-state index in [0.29, 0.717) is 39.0 Å². The fourth-order valence-electron chi connectivity index (χ4n) is 8.98. The zero-order chi connectivity index (χ0) is 66.2. The number of benzene rings is 7. The highest BCUT2D eigenvalue weighted by Crippen LogP contribution is 2.46. The number of fused-ring (bicyclic) bond motifs is 1. The smallest absolute Gasteiger partial charge is 0.149 e. The number of imidazole rings is 1. The van der Waals surface area contributed by atoms with Crippen molar-refractivity contribution in [1.29, 1.82) is 0 Å². The van der Waals surface area contributed by atoms with Crippen LogP contribution >= 0.6 is 0 Å². The van der Waals surface area contributed by atoms with E-state index in [2.05, 4.69) is 69.1 Å². The molecule has 0 aliphatic carbocycles. The van der Waals surface area contributed by atoms with Crippen LogP contribution in [0.4, 0.5) is 0 Å². The number of para-hydroxylation sites is 1. The number of nitrogens with zero attached hydrogens (tertiary/aromatic N) is 3. The number of rotatable bonds is 9. The third-order valence-electron chi connectivity index (χ3n) is 13.1. The first-order chi connectivity index (χ1) is 40.8. The molecular formula is C67H71N3O. The summed E-state index contributed by atoms with van der Waals surface area (Å²) in [6.45, 7) is 9.38. The van der Waals surface area contributed by atoms with E-state index in [4.69, 9.17) is 22.8 Å². The lowest BCUT2D eigenvalue weighted by Crippen LogP contribution is -2.11. The van der Waals surface area contributed by atoms with Crippen LogP contribution in [0.25, 0.3) is 83.9 Å². The SMILES string of the molecule is [2H]c1nc(-c2cc(-c3cccc4c3nc(-c3cc(C([2H])(C)C)cc(C([2H])(C)C)c3O)n4-c3cc(-c4ccccc4)c(C)cc3-c3ccc(C(C)(C)C)cc3)cc(C(C)(C)C)c2)c([2H])c(-c2c([2H])c([2H])c(C(C([2H])([2H])[2H])(C([2H])([2H])[2H])C([2H])([2H])[2H])c([2H])c2[2H])c1[2H]. The maximum Gasteiger partial charge on any atom is 0.149 e. The van der Waals surface area contributed by atoms with Crippen molar-refractivity contribution < 1.29 is 29.8 Å². The standard InChI is InChI=1S/C67H71N3O/c1-41(2)48-37-55(42(3)4)63(71)58(38-48)64-69-62-54(49-34-50(36-53(35-49)67(12,13)14)59-39-47(31-32-68-59)44-23-27-51(28-24-44)65(6,7)8)21-18-22-60(62)70(64)61-40-56(45-19-16-15-17-20-45)43(5)33-57(61)46-25-29-52(30-26-46)66(9,10)11/h15-42,71H,1-14H3/i6D3,7D3,8D3,23D,24D,27D,28D,31D,32D,39D,41D,42D. The second-order valence-electron chi connectivity index (χ2n) is 21.0. The third kappa shape index (κ3) is 9.74. The summed E-state index contributed by atoms with van der Waals surface area (Å²) in [7, 11) is 0. The van der Waals surface area contributed by atoms with Crippen LogP contribution in [0.5, 0.6) is 5.75 Å². The topological polar surface area (TPSA) is 50.9 Å². The summed E-state index contributed by atoms with van der Waals surface area (Å²) in [5, 5.41) is 12.7. The first-order valence-electron chi connectivity index (χ1n) is 32.8. The van der Waals surface area contributed by atoms with Gasteiger partial charge in [-0.3, -0.25) is 9.55 Å². The second kappa shape index (κ2) is 18.6. The van der Waals surface area contributed by atoms with Crippen molar-refractivity contribution in [3.05, 3.63) is 191 Å². The largest absolute Gasteiger partial charge is 0.507 e. The molecule has 0 fully saturated rings. The lowest BCUT2D eigenvalue weighted by molar-refractivity contribution is 0.466. The van der Waals surface area contributed by atoms with Crippen LogP contribution in [0.3, 0.4) is 0 Å². The molecule has 9 aromatic rings. The Balaban J connectivity index is 1.39. The molecule has 4 nitrogen and oxygen atoms in total. The number of hydrogen-bond acceptors (Lipinski definition) is 3. The van der Waals surface area contributed by atoms with E-state index in [-0.39, 0.29) is 39.4 Å². The molecule has 360 valence electrons. The van der Waals surface area contributed by atoms with Gasteiger partial charge < -0.3 is 5.11 Å². The Labute approximate surface area is 448 Å². The molecule has 4 heteroatoms. The lowest BCUT2D eigenvalue weighted by Gasteiger charge is -2.22. The van der Waals surface area contributed by atoms with Crippen LogP contribution in [-0.4, -0.2) is 19.6 Å². The van der Waals surface area contributed by atoms with Gasteiger partial charge in [-0.25, -0.2) is 4.98 Å². The lowest BCUT2D eigenvalue weighted by atomic mass is 9.83. The molecule has 2 heterocycles. The van der Waals surface area contributed by atoms with Crippen molar-refractivity contribution in [1.82, 2.24) is 14.5 Å². The van der Waals surface area contributed by atoms with Gasteiger partial charge >= 0.3 is 0 Å². The van der Waals surface area contributed by atoms with Crippen LogP contribution in [0, 0.1) is 6.92 Å². The van der Waals surface area contributed by atoms with Crippen molar-refractivity contribution >= 4 is 11.0 Å². The average Bonchev–Trinajstić information content (AvgIpc) is 0.814. The van der Waals surface area contributed by atoms with E-state index in [1.165, 1.54) is 0 Å². The van der Waals surface area contributed by atoms with Gasteiger partial charge in [-0.2, -0.15) is 0 Å². The predicted octanol–water partition coefficient (Wildman–Crippen LogP) is 18.6. The molecule has 0 radical (unpaired) electrons. The van der Waals surface area contributed by atoms with E-state index in [1.807, 2.05) is 79.9 Å². The van der Waals surface area contributed by atoms with Crippen LogP contribution in [0.1, 0.15) is 160 Å². The normalized spacial score (nSPS) is 16.9. The Morgan fingerprint density at radius 2 is 1.24 bits per heavy atom. The number of phenols is 1. The molecule has 0 spiro atoms. The number of pyridine rings is 1. The molecule has 0 bridgehead atoms. The van der Waals surface area contributed by atoms with Gasteiger partial charge in [-0.1, -0.05) is 193 Å². The van der Waals surface area contributed by atoms with E-state index < -0.39 is 102 Å². The number of phenolic OH excluding ortho intramolecular Hbond substituents is 1. The van der Waals surface area contributed by atoms with Crippen molar-refractivity contribution in [2.45, 2.75) is 125 Å². The van der Waals surface area contributed by atoms with Gasteiger partial charge in [0.2, 0.25) is 0 Å². The Morgan fingerprint density at radius 3 is 1.89 bits per heavy atom. The third-order valence-corrected chi connectivity index (χ3v) is 13.1. The molecule has 1 N–H and O–H groups in total. The Kier molecular flexibility index (Phi) is 8.21. The van der Waals surface area contributed by atoms with Crippen molar-refractivity contribution in [3.8, 4) is 78.6 Å². The molecular weight excluding hydrogens is 863 g/mol. The summed E-state index contributed by atoms with van der Waals surface area (Å²) in [6, 6.07) is 30.7. The predicted molar refractivity (Wildman–Crippen MR) is 302 cm³/mol. The summed E-state index contributed by atoms with van der Waals surface area (Å²) in [5.74, 6) is -2.46. The summed E-state index contributed by atoms with van der Waals surface area (Å²) >= 11 is 0. The van der Waals surface area contributed by atoms with E-state index in [1.54, 1.807) is 52.0 Å². The molecule has 0 amide bonds. The van der Waals surface area contributed by atoms with Gasteiger partial charge in [0.15, 0.2) is 0 Å². The van der Waals surface area contributed by atoms with Gasteiger partial charge in [0, 0.05) is 37.9 Å². The second-order valence-corrected chi connectivity index (χ2v) is 21.0. The highest BCUT2D eigenvalue weighted by Gasteiger charge is 2.27. The van der Waals surface area contributed by atoms with Crippen LogP contribution in [0.15, 0.2) is 158 Å². The van der Waals surface area contributed by atoms with Crippen LogP contribution in [-0.2, 0) is 16.2 Å². The first kappa shape index (κ1) is 31.3. The van der Waals surface area contributed by atoms with Gasteiger partial charge in [-0.05, 0) is 150 Å². The Bertz CT molecular complexity index is 4220. The monoisotopic (exact) mass is 952 g/mol. The van der Waals surface area contributed by atoms with E-state index in [9.17, 15) is 12.0 Å². The Hall–Kier alpha value is -7.04. The van der Waals surface area contributed by atoms with E-state index >= 15 is 0 Å². The van der Waals surface area contributed by atoms with Gasteiger partial charge in [0.25, 0.3) is 0 Å². The van der Waals surface area contributed by atoms with Crippen LogP contribution < -0.4 is 0 Å². The molecule has 0 saturated heterocycles. The first-order valence-corrected chi connectivity index (χ1v) is 23.8. The van der Waals surface area contributed by atoms with Gasteiger partial charge in [0.05, 0.1) is 37.6 Å². The number of hydrogen-bond donors (Lipinski definition) is 1. The Morgan fingerprint density at radius 1 is 0.563 bits per heavy atom. The minimum Gasteiger partial charge on any atom is -0.507 e. The minimum atomic E-state index is -3.95. The maximum atomic E-state index is 12.7. The molecule has 2 aromatic heterocycles. The molecule has 0 unspecified atom stereocenters. The maximum absolute atomic E-state index is 12.7. The molecule has 71 heavy (non-hydrogen) atoms. The fourth-order valence-corrected chi connectivity index (χ4v) is 8.98. The molecule has 0 aliphatic rings. The number of aromatic nitrogens is 3. The summed E-state index contributed by atoms with van der Waals surface area (Å²) in [4.78, 5) is 9.98. The highest BCUT2D eigenvalue weighted by molar-refractivity contribution is 5.98. The summed E-state index contributed by atoms with van der Waals surface area (Å²) < 4.78 is 160. The zero-order valence-electron chi connectivity index (χ0n) is 60.3. The minimum absolute atomic E-state index is 0.148. The quantitative estimate of drug-likeness (QED) is 0.157.